The van der Waals surface area contributed by atoms with Gasteiger partial charge in [-0.15, -0.1) is 0 Å². The van der Waals surface area contributed by atoms with E-state index in [1.165, 1.54) is 37.9 Å². The van der Waals surface area contributed by atoms with Crippen molar-refractivity contribution < 1.29 is 4.79 Å². The first-order valence-corrected chi connectivity index (χ1v) is 8.49. The van der Waals surface area contributed by atoms with Crippen LogP contribution >= 0.6 is 0 Å². The van der Waals surface area contributed by atoms with E-state index in [1.54, 1.807) is 0 Å². The second-order valence-electron chi connectivity index (χ2n) is 6.74. The first-order chi connectivity index (χ1) is 10.6. The molecule has 2 aliphatic rings. The normalized spacial score (nSPS) is 22.1. The summed E-state index contributed by atoms with van der Waals surface area (Å²) in [5.74, 6) is 0.0997. The van der Waals surface area contributed by atoms with Crippen molar-refractivity contribution in [3.63, 3.8) is 0 Å². The first-order valence-electron chi connectivity index (χ1n) is 8.49. The van der Waals surface area contributed by atoms with Crippen molar-refractivity contribution in [3.05, 3.63) is 29.8 Å². The quantitative estimate of drug-likeness (QED) is 0.928. The Kier molecular flexibility index (Phi) is 4.79. The lowest BCUT2D eigenvalue weighted by Gasteiger charge is -2.48. The number of carbonyl (C=O) groups is 1. The van der Waals surface area contributed by atoms with Gasteiger partial charge < -0.3 is 5.32 Å². The number of amides is 1. The van der Waals surface area contributed by atoms with Crippen molar-refractivity contribution in [3.8, 4) is 0 Å². The van der Waals surface area contributed by atoms with E-state index in [0.717, 1.165) is 18.8 Å². The first kappa shape index (κ1) is 15.5. The van der Waals surface area contributed by atoms with E-state index in [1.807, 2.05) is 38.1 Å². The monoisotopic (exact) mass is 301 g/mol. The van der Waals surface area contributed by atoms with E-state index in [0.29, 0.717) is 6.04 Å². The Hall–Kier alpha value is -1.39. The second-order valence-corrected chi connectivity index (χ2v) is 6.74. The second kappa shape index (κ2) is 6.80. The van der Waals surface area contributed by atoms with Gasteiger partial charge in [-0.05, 0) is 57.5 Å². The number of anilines is 1. The molecule has 1 aromatic rings. The largest absolute Gasteiger partial charge is 0.325 e. The molecule has 0 aromatic heterocycles. The summed E-state index contributed by atoms with van der Waals surface area (Å²) >= 11 is 0. The molecule has 0 bridgehead atoms. The molecule has 2 saturated heterocycles. The molecule has 0 saturated carbocycles. The average molecular weight is 301 g/mol. The van der Waals surface area contributed by atoms with Gasteiger partial charge in [-0.2, -0.15) is 0 Å². The molecule has 0 radical (unpaired) electrons. The molecule has 1 aromatic carbocycles. The molecule has 1 atom stereocenters. The number of piperidine rings is 1. The van der Waals surface area contributed by atoms with Gasteiger partial charge in [0.05, 0.1) is 6.04 Å². The van der Waals surface area contributed by atoms with Gasteiger partial charge in [-0.25, -0.2) is 0 Å². The third-order valence-electron chi connectivity index (χ3n) is 5.01. The molecule has 22 heavy (non-hydrogen) atoms. The SMILES string of the molecule is Cc1cccc(NC(=O)C(C)N2CC(N3CCCCC3)C2)c1. The highest BCUT2D eigenvalue weighted by molar-refractivity contribution is 5.94. The summed E-state index contributed by atoms with van der Waals surface area (Å²) in [6.07, 6.45) is 4.04. The van der Waals surface area contributed by atoms with Crippen molar-refractivity contribution in [2.45, 2.75) is 45.2 Å². The van der Waals surface area contributed by atoms with Crippen LogP contribution in [0.5, 0.6) is 0 Å². The van der Waals surface area contributed by atoms with Crippen molar-refractivity contribution in [2.75, 3.05) is 31.5 Å². The van der Waals surface area contributed by atoms with E-state index in [-0.39, 0.29) is 11.9 Å². The minimum absolute atomic E-state index is 0.0541. The number of rotatable bonds is 4. The Morgan fingerprint density at radius 3 is 2.64 bits per heavy atom. The lowest BCUT2D eigenvalue weighted by Crippen LogP contribution is -2.64. The zero-order valence-electron chi connectivity index (χ0n) is 13.7. The molecule has 120 valence electrons. The predicted molar refractivity (Wildman–Crippen MR) is 90.1 cm³/mol. The molecule has 2 aliphatic heterocycles. The minimum Gasteiger partial charge on any atom is -0.325 e. The van der Waals surface area contributed by atoms with E-state index < -0.39 is 0 Å². The highest BCUT2D eigenvalue weighted by atomic mass is 16.2. The van der Waals surface area contributed by atoms with Gasteiger partial charge in [0.15, 0.2) is 0 Å². The van der Waals surface area contributed by atoms with Gasteiger partial charge in [-0.1, -0.05) is 18.6 Å². The van der Waals surface area contributed by atoms with E-state index >= 15 is 0 Å². The summed E-state index contributed by atoms with van der Waals surface area (Å²) in [4.78, 5) is 17.3. The summed E-state index contributed by atoms with van der Waals surface area (Å²) in [7, 11) is 0. The Bertz CT molecular complexity index is 519. The zero-order chi connectivity index (χ0) is 15.5. The van der Waals surface area contributed by atoms with E-state index in [4.69, 9.17) is 0 Å². The number of hydrogen-bond acceptors (Lipinski definition) is 3. The minimum atomic E-state index is -0.0541. The fraction of sp³-hybridized carbons (Fsp3) is 0.611. The van der Waals surface area contributed by atoms with Crippen LogP contribution in [0, 0.1) is 6.92 Å². The fourth-order valence-electron chi connectivity index (χ4n) is 3.45. The zero-order valence-corrected chi connectivity index (χ0v) is 13.7. The summed E-state index contributed by atoms with van der Waals surface area (Å²) < 4.78 is 0. The number of likely N-dealkylation sites (tertiary alicyclic amines) is 2. The Morgan fingerprint density at radius 1 is 1.23 bits per heavy atom. The number of carbonyl (C=O) groups excluding carboxylic acids is 1. The van der Waals surface area contributed by atoms with Crippen LogP contribution in [-0.2, 0) is 4.79 Å². The number of aryl methyl sites for hydroxylation is 1. The van der Waals surface area contributed by atoms with E-state index in [2.05, 4.69) is 15.1 Å². The number of hydrogen-bond donors (Lipinski definition) is 1. The van der Waals surface area contributed by atoms with Crippen LogP contribution in [0.4, 0.5) is 5.69 Å². The van der Waals surface area contributed by atoms with Crippen LogP contribution in [0.15, 0.2) is 24.3 Å². The summed E-state index contributed by atoms with van der Waals surface area (Å²) in [5.41, 5.74) is 2.06. The van der Waals surface area contributed by atoms with Gasteiger partial charge in [0.1, 0.15) is 0 Å². The average Bonchev–Trinajstić information content (AvgIpc) is 2.46. The standard InChI is InChI=1S/C18H27N3O/c1-14-7-6-8-16(11-14)19-18(22)15(2)21-12-17(13-21)20-9-4-3-5-10-20/h6-8,11,15,17H,3-5,9-10,12-13H2,1-2H3,(H,19,22). The number of nitrogens with zero attached hydrogens (tertiary/aromatic N) is 2. The molecule has 0 spiro atoms. The summed E-state index contributed by atoms with van der Waals surface area (Å²) in [6, 6.07) is 8.58. The van der Waals surface area contributed by atoms with Crippen molar-refractivity contribution in [2.24, 2.45) is 0 Å². The Morgan fingerprint density at radius 2 is 1.95 bits per heavy atom. The van der Waals surface area contributed by atoms with Crippen LogP contribution in [0.1, 0.15) is 31.7 Å². The predicted octanol–water partition coefficient (Wildman–Crippen LogP) is 2.49. The third kappa shape index (κ3) is 3.50. The molecule has 0 aliphatic carbocycles. The molecule has 1 amide bonds. The molecule has 2 fully saturated rings. The highest BCUT2D eigenvalue weighted by Crippen LogP contribution is 2.22. The highest BCUT2D eigenvalue weighted by Gasteiger charge is 2.36. The Balaban J connectivity index is 1.48. The van der Waals surface area contributed by atoms with Crippen LogP contribution < -0.4 is 5.32 Å². The third-order valence-corrected chi connectivity index (χ3v) is 5.01. The molecular weight excluding hydrogens is 274 g/mol. The molecule has 2 heterocycles. The van der Waals surface area contributed by atoms with Gasteiger partial charge >= 0.3 is 0 Å². The van der Waals surface area contributed by atoms with Crippen LogP contribution in [0.25, 0.3) is 0 Å². The number of nitrogens with one attached hydrogen (secondary N) is 1. The van der Waals surface area contributed by atoms with Crippen LogP contribution in [-0.4, -0.2) is 54.0 Å². The topological polar surface area (TPSA) is 35.6 Å². The molecule has 4 nitrogen and oxygen atoms in total. The fourth-order valence-corrected chi connectivity index (χ4v) is 3.45. The molecule has 3 rings (SSSR count). The Labute approximate surface area is 133 Å². The summed E-state index contributed by atoms with van der Waals surface area (Å²) in [5, 5.41) is 3.03. The molecule has 1 unspecified atom stereocenters. The van der Waals surface area contributed by atoms with Gasteiger partial charge in [0.2, 0.25) is 5.91 Å². The lowest BCUT2D eigenvalue weighted by molar-refractivity contribution is -0.124. The maximum absolute atomic E-state index is 12.4. The number of benzene rings is 1. The van der Waals surface area contributed by atoms with Crippen LogP contribution in [0.2, 0.25) is 0 Å². The molecule has 1 N–H and O–H groups in total. The maximum atomic E-state index is 12.4. The van der Waals surface area contributed by atoms with Gasteiger partial charge in [-0.3, -0.25) is 14.6 Å². The van der Waals surface area contributed by atoms with Gasteiger partial charge in [0, 0.05) is 24.8 Å². The van der Waals surface area contributed by atoms with Crippen molar-refractivity contribution in [1.29, 1.82) is 0 Å². The summed E-state index contributed by atoms with van der Waals surface area (Å²) in [6.45, 7) is 8.59. The van der Waals surface area contributed by atoms with Gasteiger partial charge in [0.25, 0.3) is 0 Å². The van der Waals surface area contributed by atoms with Crippen LogP contribution in [0.3, 0.4) is 0 Å². The smallest absolute Gasteiger partial charge is 0.241 e. The van der Waals surface area contributed by atoms with E-state index in [9.17, 15) is 4.79 Å². The molecular formula is C18H27N3O. The lowest BCUT2D eigenvalue weighted by atomic mass is 10.0. The van der Waals surface area contributed by atoms with Crippen molar-refractivity contribution in [1.82, 2.24) is 9.80 Å². The van der Waals surface area contributed by atoms with Crippen molar-refractivity contribution >= 4 is 11.6 Å². The molecule has 4 heteroatoms. The maximum Gasteiger partial charge on any atom is 0.241 e.